The summed E-state index contributed by atoms with van der Waals surface area (Å²) in [6.45, 7) is 11.5. The van der Waals surface area contributed by atoms with Gasteiger partial charge in [0.15, 0.2) is 11.6 Å². The van der Waals surface area contributed by atoms with Crippen molar-refractivity contribution in [2.45, 2.75) is 111 Å². The zero-order chi connectivity index (χ0) is 38.9. The third kappa shape index (κ3) is 11.6. The Morgan fingerprint density at radius 1 is 1.08 bits per heavy atom. The summed E-state index contributed by atoms with van der Waals surface area (Å²) in [6.07, 6.45) is 1.53. The molecule has 11 nitrogen and oxygen atoms in total. The van der Waals surface area contributed by atoms with E-state index in [0.29, 0.717) is 31.2 Å². The number of ether oxygens (including phenoxy) is 1. The maximum absolute atomic E-state index is 15.1. The first-order valence-corrected chi connectivity index (χ1v) is 19.2. The number of primary amides is 1. The number of nitrogens with zero attached hydrogens (tertiary/aromatic N) is 2. The molecule has 53 heavy (non-hydrogen) atoms. The van der Waals surface area contributed by atoms with Gasteiger partial charge in [-0.3, -0.25) is 19.2 Å². The van der Waals surface area contributed by atoms with Crippen LogP contribution >= 0.6 is 11.3 Å². The molecule has 2 aromatic carbocycles. The standard InChI is InChI=1S/C40H54FN5O6S/c1-24(14-19-33(42)48)22-52-32-12-9-11-28(35(32)41)10-7-8-13-34(49)45-37(40(4,5)6)39(51)46-21-30(47)20-31(46)38(50)44-25(2)27-15-17-29(18-16-27)36-26(3)43-23-53-36/h9,11-12,15-18,23-25,30-31,37,47H,7-8,10,13-14,19-22H2,1-6H3,(H2,42,48)(H,44,50)(H,45,49)/t24-,25-,30+,31-,37+/m0/s1. The van der Waals surface area contributed by atoms with E-state index < -0.39 is 35.3 Å². The topological polar surface area (TPSA) is 164 Å². The summed E-state index contributed by atoms with van der Waals surface area (Å²) in [5, 5.41) is 16.5. The van der Waals surface area contributed by atoms with E-state index in [4.69, 9.17) is 10.5 Å². The smallest absolute Gasteiger partial charge is 0.246 e. The van der Waals surface area contributed by atoms with Crippen LogP contribution in [0, 0.1) is 24.1 Å². The number of benzene rings is 2. The van der Waals surface area contributed by atoms with Gasteiger partial charge in [0.1, 0.15) is 12.1 Å². The van der Waals surface area contributed by atoms with Crippen LogP contribution < -0.4 is 21.1 Å². The summed E-state index contributed by atoms with van der Waals surface area (Å²) < 4.78 is 20.8. The van der Waals surface area contributed by atoms with E-state index in [9.17, 15) is 24.3 Å². The highest BCUT2D eigenvalue weighted by Gasteiger charge is 2.44. The minimum absolute atomic E-state index is 0.0166. The predicted octanol–water partition coefficient (Wildman–Crippen LogP) is 5.62. The summed E-state index contributed by atoms with van der Waals surface area (Å²) in [6, 6.07) is 10.7. The van der Waals surface area contributed by atoms with Crippen LogP contribution in [0.5, 0.6) is 5.75 Å². The lowest BCUT2D eigenvalue weighted by Crippen LogP contribution is -2.57. The van der Waals surface area contributed by atoms with Gasteiger partial charge in [-0.05, 0) is 73.6 Å². The Morgan fingerprint density at radius 2 is 1.79 bits per heavy atom. The first kappa shape index (κ1) is 41.4. The van der Waals surface area contributed by atoms with E-state index in [1.165, 1.54) is 4.90 Å². The molecule has 1 fully saturated rings. The first-order valence-electron chi connectivity index (χ1n) is 18.3. The van der Waals surface area contributed by atoms with E-state index in [0.717, 1.165) is 21.7 Å². The highest BCUT2D eigenvalue weighted by molar-refractivity contribution is 7.13. The molecule has 4 rings (SSSR count). The molecule has 288 valence electrons. The number of carbonyl (C=O) groups excluding carboxylic acids is 4. The molecule has 3 aromatic rings. The molecular formula is C40H54FN5O6S. The molecular weight excluding hydrogens is 698 g/mol. The molecule has 1 aromatic heterocycles. The number of hydrogen-bond acceptors (Lipinski definition) is 8. The summed E-state index contributed by atoms with van der Waals surface area (Å²) in [5.41, 5.74) is 9.71. The number of aryl methyl sites for hydroxylation is 2. The molecule has 1 aliphatic heterocycles. The lowest BCUT2D eigenvalue weighted by Gasteiger charge is -2.35. The number of nitrogens with two attached hydrogens (primary N) is 1. The Bertz CT molecular complexity index is 1720. The SMILES string of the molecule is Cc1ncsc1-c1ccc([C@H](C)NC(=O)[C@@H]2C[C@@H](O)CN2C(=O)[C@@H](NC(=O)CCCCc2cccc(OC[C@@H](C)CCC(N)=O)c2F)C(C)(C)C)cc1. The van der Waals surface area contributed by atoms with Gasteiger partial charge in [0, 0.05) is 25.8 Å². The molecule has 0 bridgehead atoms. The normalized spacial score (nSPS) is 17.5. The minimum atomic E-state index is -0.938. The Morgan fingerprint density at radius 3 is 2.43 bits per heavy atom. The number of halogens is 1. The highest BCUT2D eigenvalue weighted by atomic mass is 32.1. The number of rotatable bonds is 17. The van der Waals surface area contributed by atoms with Crippen LogP contribution in [-0.2, 0) is 25.6 Å². The molecule has 1 aliphatic rings. The molecule has 5 N–H and O–H groups in total. The number of unbranched alkanes of at least 4 members (excludes halogenated alkanes) is 1. The third-order valence-corrected chi connectivity index (χ3v) is 10.6. The largest absolute Gasteiger partial charge is 0.490 e. The van der Waals surface area contributed by atoms with Crippen LogP contribution in [0.15, 0.2) is 48.0 Å². The first-order chi connectivity index (χ1) is 25.0. The number of thiazole rings is 1. The van der Waals surface area contributed by atoms with Crippen LogP contribution in [0.4, 0.5) is 4.39 Å². The second-order valence-corrected chi connectivity index (χ2v) is 16.1. The second-order valence-electron chi connectivity index (χ2n) is 15.2. The van der Waals surface area contributed by atoms with E-state index in [1.54, 1.807) is 29.5 Å². The Balaban J connectivity index is 1.30. The van der Waals surface area contributed by atoms with Crippen molar-refractivity contribution < 1.29 is 33.4 Å². The molecule has 5 atom stereocenters. The molecule has 0 aliphatic carbocycles. The third-order valence-electron chi connectivity index (χ3n) is 9.61. The minimum Gasteiger partial charge on any atom is -0.490 e. The molecule has 0 radical (unpaired) electrons. The lowest BCUT2D eigenvalue weighted by atomic mass is 9.85. The maximum Gasteiger partial charge on any atom is 0.246 e. The van der Waals surface area contributed by atoms with Crippen molar-refractivity contribution in [3.05, 3.63) is 70.6 Å². The molecule has 4 amide bonds. The Labute approximate surface area is 315 Å². The van der Waals surface area contributed by atoms with E-state index in [2.05, 4.69) is 15.6 Å². The number of likely N-dealkylation sites (tertiary alicyclic amines) is 1. The van der Waals surface area contributed by atoms with Crippen molar-refractivity contribution in [1.82, 2.24) is 20.5 Å². The molecule has 1 saturated heterocycles. The van der Waals surface area contributed by atoms with Gasteiger partial charge in [0.2, 0.25) is 23.6 Å². The number of hydrogen-bond donors (Lipinski definition) is 4. The number of nitrogens with one attached hydrogen (secondary N) is 2. The van der Waals surface area contributed by atoms with Crippen LogP contribution in [0.2, 0.25) is 0 Å². The van der Waals surface area contributed by atoms with Crippen LogP contribution in [0.25, 0.3) is 10.4 Å². The number of aliphatic hydroxyl groups is 1. The van der Waals surface area contributed by atoms with Gasteiger partial charge in [0.25, 0.3) is 0 Å². The quantitative estimate of drug-likeness (QED) is 0.130. The van der Waals surface area contributed by atoms with Crippen molar-refractivity contribution in [1.29, 1.82) is 0 Å². The summed E-state index contributed by atoms with van der Waals surface area (Å²) in [5.74, 6) is -1.78. The van der Waals surface area contributed by atoms with Crippen molar-refractivity contribution >= 4 is 35.0 Å². The number of aliphatic hydroxyl groups excluding tert-OH is 1. The molecule has 13 heteroatoms. The average molecular weight is 752 g/mol. The van der Waals surface area contributed by atoms with Crippen molar-refractivity contribution in [3.63, 3.8) is 0 Å². The molecule has 2 heterocycles. The summed E-state index contributed by atoms with van der Waals surface area (Å²) in [4.78, 5) is 58.6. The lowest BCUT2D eigenvalue weighted by molar-refractivity contribution is -0.144. The van der Waals surface area contributed by atoms with Gasteiger partial charge in [0.05, 0.1) is 34.8 Å². The van der Waals surface area contributed by atoms with Crippen LogP contribution in [0.1, 0.15) is 96.0 Å². The van der Waals surface area contributed by atoms with Gasteiger partial charge >= 0.3 is 0 Å². The zero-order valence-corrected chi connectivity index (χ0v) is 32.4. The molecule has 0 unspecified atom stereocenters. The van der Waals surface area contributed by atoms with E-state index >= 15 is 4.39 Å². The Kier molecular flexibility index (Phi) is 14.5. The number of amides is 4. The van der Waals surface area contributed by atoms with Crippen LogP contribution in [0.3, 0.4) is 0 Å². The zero-order valence-electron chi connectivity index (χ0n) is 31.6. The van der Waals surface area contributed by atoms with Crippen molar-refractivity contribution in [2.24, 2.45) is 17.1 Å². The fourth-order valence-electron chi connectivity index (χ4n) is 6.41. The fourth-order valence-corrected chi connectivity index (χ4v) is 7.23. The fraction of sp³-hybridized carbons (Fsp3) is 0.525. The van der Waals surface area contributed by atoms with Gasteiger partial charge in [-0.15, -0.1) is 11.3 Å². The summed E-state index contributed by atoms with van der Waals surface area (Å²) in [7, 11) is 0. The molecule has 0 spiro atoms. The summed E-state index contributed by atoms with van der Waals surface area (Å²) >= 11 is 1.57. The van der Waals surface area contributed by atoms with E-state index in [-0.39, 0.29) is 67.8 Å². The van der Waals surface area contributed by atoms with Crippen molar-refractivity contribution in [3.8, 4) is 16.2 Å². The predicted molar refractivity (Wildman–Crippen MR) is 203 cm³/mol. The van der Waals surface area contributed by atoms with Gasteiger partial charge in [-0.2, -0.15) is 0 Å². The second kappa shape index (κ2) is 18.6. The van der Waals surface area contributed by atoms with Gasteiger partial charge in [-0.25, -0.2) is 9.37 Å². The maximum atomic E-state index is 15.1. The van der Waals surface area contributed by atoms with E-state index in [1.807, 2.05) is 71.3 Å². The van der Waals surface area contributed by atoms with Gasteiger partial charge in [-0.1, -0.05) is 64.1 Å². The monoisotopic (exact) mass is 751 g/mol. The van der Waals surface area contributed by atoms with Crippen molar-refractivity contribution in [2.75, 3.05) is 13.2 Å². The number of aromatic nitrogens is 1. The number of β-amino-alcohol motifs (C(OH)–C–C–N with tert-alkyl or cyclic N) is 1. The molecule has 0 saturated carbocycles. The highest BCUT2D eigenvalue weighted by Crippen LogP contribution is 2.30. The average Bonchev–Trinajstić information content (AvgIpc) is 3.72. The van der Waals surface area contributed by atoms with Crippen LogP contribution in [-0.4, -0.2) is 70.0 Å². The Hall–Kier alpha value is -4.36. The van der Waals surface area contributed by atoms with Gasteiger partial charge < -0.3 is 31.1 Å². The number of carbonyl (C=O) groups is 4.